The summed E-state index contributed by atoms with van der Waals surface area (Å²) >= 11 is 0. The number of nitrogens with zero attached hydrogens (tertiary/aromatic N) is 1. The van der Waals surface area contributed by atoms with E-state index >= 15 is 0 Å². The number of unbranched alkanes of at least 4 members (excludes halogenated alkanes) is 3. The molecule has 3 N–H and O–H groups in total. The van der Waals surface area contributed by atoms with Crippen LogP contribution in [0.15, 0.2) is 18.2 Å². The van der Waals surface area contributed by atoms with Gasteiger partial charge in [-0.15, -0.1) is 0 Å². The lowest BCUT2D eigenvalue weighted by atomic mass is 10.0. The van der Waals surface area contributed by atoms with Gasteiger partial charge in [0.2, 0.25) is 5.91 Å². The van der Waals surface area contributed by atoms with Crippen LogP contribution in [0.5, 0.6) is 0 Å². The topological polar surface area (TPSA) is 75.4 Å². The quantitative estimate of drug-likeness (QED) is 0.719. The summed E-state index contributed by atoms with van der Waals surface area (Å²) in [7, 11) is 0. The van der Waals surface area contributed by atoms with E-state index in [1.807, 2.05) is 30.0 Å². The molecule has 0 aliphatic carbocycles. The zero-order chi connectivity index (χ0) is 17.4. The maximum absolute atomic E-state index is 12.6. The van der Waals surface area contributed by atoms with Crippen molar-refractivity contribution in [2.24, 2.45) is 5.73 Å². The fourth-order valence-electron chi connectivity index (χ4n) is 3.09. The van der Waals surface area contributed by atoms with Gasteiger partial charge in [-0.1, -0.05) is 18.9 Å². The lowest BCUT2D eigenvalue weighted by molar-refractivity contribution is -0.116. The molecule has 0 atom stereocenters. The van der Waals surface area contributed by atoms with Gasteiger partial charge in [0.25, 0.3) is 5.91 Å². The second kappa shape index (κ2) is 9.42. The molecule has 2 amide bonds. The van der Waals surface area contributed by atoms with E-state index in [4.69, 9.17) is 5.73 Å². The van der Waals surface area contributed by atoms with Crippen molar-refractivity contribution in [2.45, 2.75) is 51.9 Å². The first-order valence-corrected chi connectivity index (χ1v) is 9.02. The highest BCUT2D eigenvalue weighted by atomic mass is 16.2. The molecule has 0 bridgehead atoms. The van der Waals surface area contributed by atoms with E-state index in [9.17, 15) is 9.59 Å². The summed E-state index contributed by atoms with van der Waals surface area (Å²) in [5, 5.41) is 2.95. The Morgan fingerprint density at radius 3 is 2.54 bits per heavy atom. The molecule has 5 heteroatoms. The molecular weight excluding hydrogens is 302 g/mol. The Bertz CT molecular complexity index is 566. The normalized spacial score (nSPS) is 14.0. The molecule has 24 heavy (non-hydrogen) atoms. The second-order valence-electron chi connectivity index (χ2n) is 6.48. The largest absolute Gasteiger partial charge is 0.339 e. The molecule has 1 fully saturated rings. The number of anilines is 1. The maximum atomic E-state index is 12.6. The van der Waals surface area contributed by atoms with Crippen molar-refractivity contribution in [3.05, 3.63) is 29.3 Å². The zero-order valence-electron chi connectivity index (χ0n) is 14.6. The Morgan fingerprint density at radius 1 is 1.12 bits per heavy atom. The van der Waals surface area contributed by atoms with Crippen molar-refractivity contribution in [2.75, 3.05) is 25.0 Å². The van der Waals surface area contributed by atoms with Gasteiger partial charge in [0, 0.05) is 30.8 Å². The number of rotatable bonds is 8. The van der Waals surface area contributed by atoms with E-state index < -0.39 is 0 Å². The number of nitrogens with two attached hydrogens (primary N) is 1. The monoisotopic (exact) mass is 331 g/mol. The van der Waals surface area contributed by atoms with Gasteiger partial charge in [-0.3, -0.25) is 9.59 Å². The summed E-state index contributed by atoms with van der Waals surface area (Å²) in [5.74, 6) is 0.0829. The lowest BCUT2D eigenvalue weighted by Crippen LogP contribution is -2.28. The number of carbonyl (C=O) groups excluding carboxylic acids is 2. The zero-order valence-corrected chi connectivity index (χ0v) is 14.6. The smallest absolute Gasteiger partial charge is 0.254 e. The third-order valence-corrected chi connectivity index (χ3v) is 4.59. The maximum Gasteiger partial charge on any atom is 0.254 e. The fourth-order valence-corrected chi connectivity index (χ4v) is 3.09. The first-order chi connectivity index (χ1) is 11.6. The Kier molecular flexibility index (Phi) is 7.25. The van der Waals surface area contributed by atoms with Crippen LogP contribution in [0.3, 0.4) is 0 Å². The number of carbonyl (C=O) groups is 2. The molecule has 0 saturated carbocycles. The van der Waals surface area contributed by atoms with Crippen LogP contribution in [0, 0.1) is 6.92 Å². The molecule has 2 rings (SSSR count). The molecule has 0 unspecified atom stereocenters. The second-order valence-corrected chi connectivity index (χ2v) is 6.48. The first kappa shape index (κ1) is 18.5. The van der Waals surface area contributed by atoms with Crippen molar-refractivity contribution in [3.63, 3.8) is 0 Å². The molecule has 1 aromatic carbocycles. The van der Waals surface area contributed by atoms with Gasteiger partial charge >= 0.3 is 0 Å². The Balaban J connectivity index is 1.92. The number of amides is 2. The van der Waals surface area contributed by atoms with Crippen LogP contribution >= 0.6 is 0 Å². The van der Waals surface area contributed by atoms with E-state index in [1.54, 1.807) is 0 Å². The number of nitrogens with one attached hydrogen (secondary N) is 1. The van der Waals surface area contributed by atoms with Crippen LogP contribution < -0.4 is 11.1 Å². The minimum atomic E-state index is 0.0108. The Morgan fingerprint density at radius 2 is 1.83 bits per heavy atom. The summed E-state index contributed by atoms with van der Waals surface area (Å²) in [4.78, 5) is 26.6. The number of benzene rings is 1. The molecule has 132 valence electrons. The molecule has 1 aliphatic heterocycles. The van der Waals surface area contributed by atoms with E-state index in [0.717, 1.165) is 62.9 Å². The molecule has 5 nitrogen and oxygen atoms in total. The SMILES string of the molecule is Cc1c(NC(=O)CCCCCCN)cccc1C(=O)N1CCCC1. The first-order valence-electron chi connectivity index (χ1n) is 9.02. The number of likely N-dealkylation sites (tertiary alicyclic amines) is 1. The van der Waals surface area contributed by atoms with Crippen molar-refractivity contribution in [1.82, 2.24) is 4.90 Å². The van der Waals surface area contributed by atoms with Crippen molar-refractivity contribution < 1.29 is 9.59 Å². The van der Waals surface area contributed by atoms with Gasteiger partial charge in [-0.25, -0.2) is 0 Å². The summed E-state index contributed by atoms with van der Waals surface area (Å²) in [6.45, 7) is 4.28. The summed E-state index contributed by atoms with van der Waals surface area (Å²) in [6, 6.07) is 5.55. The van der Waals surface area contributed by atoms with Crippen LogP contribution in [0.4, 0.5) is 5.69 Å². The standard InChI is InChI=1S/C19H29N3O2/c1-15-16(19(24)22-13-6-7-14-22)9-8-10-17(15)21-18(23)11-4-2-3-5-12-20/h8-10H,2-7,11-14,20H2,1H3,(H,21,23). The predicted molar refractivity (Wildman–Crippen MR) is 97.1 cm³/mol. The van der Waals surface area contributed by atoms with E-state index in [-0.39, 0.29) is 11.8 Å². The van der Waals surface area contributed by atoms with Crippen LogP contribution in [0.2, 0.25) is 0 Å². The molecule has 0 spiro atoms. The predicted octanol–water partition coefficient (Wildman–Crippen LogP) is 3.08. The van der Waals surface area contributed by atoms with Crippen LogP contribution in [-0.2, 0) is 4.79 Å². The Hall–Kier alpha value is -1.88. The average Bonchev–Trinajstić information content (AvgIpc) is 3.10. The highest BCUT2D eigenvalue weighted by Gasteiger charge is 2.21. The number of hydrogen-bond donors (Lipinski definition) is 2. The summed E-state index contributed by atoms with van der Waals surface area (Å²) < 4.78 is 0. The van der Waals surface area contributed by atoms with Crippen molar-refractivity contribution in [1.29, 1.82) is 0 Å². The highest BCUT2D eigenvalue weighted by molar-refractivity contribution is 5.99. The molecule has 1 heterocycles. The van der Waals surface area contributed by atoms with Gasteiger partial charge in [0.15, 0.2) is 0 Å². The molecule has 1 aromatic rings. The van der Waals surface area contributed by atoms with Gasteiger partial charge < -0.3 is 16.0 Å². The number of hydrogen-bond acceptors (Lipinski definition) is 3. The minimum absolute atomic E-state index is 0.0108. The summed E-state index contributed by atoms with van der Waals surface area (Å²) in [6.07, 6.45) is 6.64. The van der Waals surface area contributed by atoms with Gasteiger partial charge in [0.05, 0.1) is 0 Å². The minimum Gasteiger partial charge on any atom is -0.339 e. The molecule has 1 saturated heterocycles. The molecule has 1 aliphatic rings. The average molecular weight is 331 g/mol. The van der Waals surface area contributed by atoms with E-state index in [1.165, 1.54) is 0 Å². The Labute approximate surface area is 144 Å². The van der Waals surface area contributed by atoms with Crippen LogP contribution in [0.25, 0.3) is 0 Å². The highest BCUT2D eigenvalue weighted by Crippen LogP contribution is 2.22. The molecule has 0 aromatic heterocycles. The van der Waals surface area contributed by atoms with Gasteiger partial charge in [-0.05, 0) is 56.8 Å². The molecular formula is C19H29N3O2. The fraction of sp³-hybridized carbons (Fsp3) is 0.579. The van der Waals surface area contributed by atoms with Gasteiger partial charge in [0.1, 0.15) is 0 Å². The van der Waals surface area contributed by atoms with Crippen LogP contribution in [0.1, 0.15) is 60.9 Å². The van der Waals surface area contributed by atoms with Crippen LogP contribution in [-0.4, -0.2) is 36.3 Å². The summed E-state index contributed by atoms with van der Waals surface area (Å²) in [5.41, 5.74) is 7.75. The third kappa shape index (κ3) is 5.06. The van der Waals surface area contributed by atoms with Gasteiger partial charge in [-0.2, -0.15) is 0 Å². The lowest BCUT2D eigenvalue weighted by Gasteiger charge is -2.18. The molecule has 0 radical (unpaired) electrons. The van der Waals surface area contributed by atoms with Crippen molar-refractivity contribution in [3.8, 4) is 0 Å². The van der Waals surface area contributed by atoms with Crippen molar-refractivity contribution >= 4 is 17.5 Å². The van der Waals surface area contributed by atoms with E-state index in [2.05, 4.69) is 5.32 Å². The third-order valence-electron chi connectivity index (χ3n) is 4.59. The van der Waals surface area contributed by atoms with E-state index in [0.29, 0.717) is 18.5 Å².